The lowest BCUT2D eigenvalue weighted by molar-refractivity contribution is -0.129. The molecule has 88 valence electrons. The lowest BCUT2D eigenvalue weighted by Gasteiger charge is -2.21. The van der Waals surface area contributed by atoms with Gasteiger partial charge in [-0.25, -0.2) is 4.39 Å². The van der Waals surface area contributed by atoms with Crippen LogP contribution in [0.3, 0.4) is 0 Å². The monoisotopic (exact) mass is 223 g/mol. The first-order chi connectivity index (χ1) is 7.45. The lowest BCUT2D eigenvalue weighted by atomic mass is 9.89. The Labute approximate surface area is 95.9 Å². The first-order valence-electron chi connectivity index (χ1n) is 5.48. The first-order valence-corrected chi connectivity index (χ1v) is 5.48. The Balaban J connectivity index is 2.52. The smallest absolute Gasteiger partial charge is 0.225 e. The molecule has 0 unspecified atom stereocenters. The molecule has 1 rings (SSSR count). The summed E-state index contributed by atoms with van der Waals surface area (Å²) in [5, 5.41) is 2.85. The van der Waals surface area contributed by atoms with Crippen LogP contribution < -0.4 is 5.32 Å². The molecule has 0 heterocycles. The Morgan fingerprint density at radius 1 is 1.31 bits per heavy atom. The van der Waals surface area contributed by atoms with Gasteiger partial charge in [0, 0.05) is 12.0 Å². The van der Waals surface area contributed by atoms with E-state index < -0.39 is 0 Å². The first kappa shape index (κ1) is 12.7. The third-order valence-electron chi connectivity index (χ3n) is 2.86. The molecule has 0 saturated heterocycles. The summed E-state index contributed by atoms with van der Waals surface area (Å²) in [5.74, 6) is -0.233. The highest BCUT2D eigenvalue weighted by Gasteiger charge is 2.24. The van der Waals surface area contributed by atoms with Gasteiger partial charge in [0.05, 0.1) is 0 Å². The molecule has 0 fully saturated rings. The van der Waals surface area contributed by atoms with Crippen molar-refractivity contribution in [2.45, 2.75) is 33.7 Å². The lowest BCUT2D eigenvalue weighted by Crippen LogP contribution is -2.35. The van der Waals surface area contributed by atoms with E-state index in [-0.39, 0.29) is 17.1 Å². The Kier molecular flexibility index (Phi) is 4.05. The van der Waals surface area contributed by atoms with Gasteiger partial charge in [-0.1, -0.05) is 32.9 Å². The minimum Gasteiger partial charge on any atom is -0.352 e. The van der Waals surface area contributed by atoms with Gasteiger partial charge in [-0.05, 0) is 24.1 Å². The Morgan fingerprint density at radius 3 is 2.38 bits per heavy atom. The van der Waals surface area contributed by atoms with Crippen LogP contribution in [-0.4, -0.2) is 5.91 Å². The van der Waals surface area contributed by atoms with Crippen molar-refractivity contribution in [1.29, 1.82) is 0 Å². The summed E-state index contributed by atoms with van der Waals surface area (Å²) >= 11 is 0. The highest BCUT2D eigenvalue weighted by molar-refractivity contribution is 5.81. The minimum absolute atomic E-state index is 0.0272. The highest BCUT2D eigenvalue weighted by Crippen LogP contribution is 2.19. The second-order valence-electron chi connectivity index (χ2n) is 4.55. The quantitative estimate of drug-likeness (QED) is 0.835. The molecule has 0 bridgehead atoms. The molecule has 16 heavy (non-hydrogen) atoms. The number of rotatable bonds is 4. The molecule has 0 aromatic heterocycles. The van der Waals surface area contributed by atoms with Crippen molar-refractivity contribution in [3.8, 4) is 0 Å². The molecular weight excluding hydrogens is 205 g/mol. The molecule has 1 aromatic rings. The van der Waals surface area contributed by atoms with Gasteiger partial charge in [0.15, 0.2) is 0 Å². The van der Waals surface area contributed by atoms with Crippen LogP contribution >= 0.6 is 0 Å². The standard InChI is InChI=1S/C13H18FNO/c1-4-13(2,3)12(16)15-9-10-5-7-11(14)8-6-10/h5-8H,4,9H2,1-3H3,(H,15,16). The maximum Gasteiger partial charge on any atom is 0.225 e. The predicted molar refractivity (Wildman–Crippen MR) is 62.3 cm³/mol. The molecule has 0 saturated carbocycles. The van der Waals surface area contributed by atoms with Crippen LogP contribution in [0.4, 0.5) is 4.39 Å². The molecule has 0 spiro atoms. The zero-order valence-electron chi connectivity index (χ0n) is 10.0. The largest absolute Gasteiger partial charge is 0.352 e. The van der Waals surface area contributed by atoms with Gasteiger partial charge in [-0.3, -0.25) is 4.79 Å². The molecule has 0 atom stereocenters. The molecule has 2 nitrogen and oxygen atoms in total. The number of hydrogen-bond donors (Lipinski definition) is 1. The van der Waals surface area contributed by atoms with Crippen LogP contribution in [-0.2, 0) is 11.3 Å². The van der Waals surface area contributed by atoms with Gasteiger partial charge in [0.1, 0.15) is 5.82 Å². The Bertz CT molecular complexity index is 357. The van der Waals surface area contributed by atoms with Gasteiger partial charge in [-0.15, -0.1) is 0 Å². The Morgan fingerprint density at radius 2 is 1.88 bits per heavy atom. The second kappa shape index (κ2) is 5.10. The predicted octanol–water partition coefficient (Wildman–Crippen LogP) is 2.88. The van der Waals surface area contributed by atoms with Crippen molar-refractivity contribution in [1.82, 2.24) is 5.32 Å². The van der Waals surface area contributed by atoms with Crippen molar-refractivity contribution >= 4 is 5.91 Å². The van der Waals surface area contributed by atoms with Gasteiger partial charge in [0.25, 0.3) is 0 Å². The summed E-state index contributed by atoms with van der Waals surface area (Å²) in [7, 11) is 0. The number of halogens is 1. The average Bonchev–Trinajstić information content (AvgIpc) is 2.28. The molecule has 0 aliphatic rings. The van der Waals surface area contributed by atoms with E-state index in [4.69, 9.17) is 0 Å². The van der Waals surface area contributed by atoms with E-state index in [1.807, 2.05) is 20.8 Å². The van der Waals surface area contributed by atoms with E-state index in [0.717, 1.165) is 12.0 Å². The van der Waals surface area contributed by atoms with Crippen molar-refractivity contribution in [2.75, 3.05) is 0 Å². The topological polar surface area (TPSA) is 29.1 Å². The van der Waals surface area contributed by atoms with Crippen LogP contribution in [0.2, 0.25) is 0 Å². The van der Waals surface area contributed by atoms with Crippen LogP contribution in [0.15, 0.2) is 24.3 Å². The number of carbonyl (C=O) groups is 1. The number of amides is 1. The van der Waals surface area contributed by atoms with E-state index in [1.165, 1.54) is 12.1 Å². The summed E-state index contributed by atoms with van der Waals surface area (Å²) in [5.41, 5.74) is 0.557. The van der Waals surface area contributed by atoms with Crippen molar-refractivity contribution in [3.05, 3.63) is 35.6 Å². The molecule has 1 aromatic carbocycles. The Hall–Kier alpha value is -1.38. The van der Waals surface area contributed by atoms with Crippen LogP contribution in [0.1, 0.15) is 32.8 Å². The third kappa shape index (κ3) is 3.33. The maximum absolute atomic E-state index is 12.6. The number of hydrogen-bond acceptors (Lipinski definition) is 1. The number of nitrogens with one attached hydrogen (secondary N) is 1. The highest BCUT2D eigenvalue weighted by atomic mass is 19.1. The summed E-state index contributed by atoms with van der Waals surface area (Å²) in [4.78, 5) is 11.8. The number of benzene rings is 1. The van der Waals surface area contributed by atoms with E-state index in [1.54, 1.807) is 12.1 Å². The molecule has 0 radical (unpaired) electrons. The minimum atomic E-state index is -0.347. The normalized spacial score (nSPS) is 11.2. The van der Waals surface area contributed by atoms with Gasteiger partial charge in [0.2, 0.25) is 5.91 Å². The molecular formula is C13H18FNO. The SMILES string of the molecule is CCC(C)(C)C(=O)NCc1ccc(F)cc1. The molecule has 3 heteroatoms. The molecule has 0 aliphatic carbocycles. The van der Waals surface area contributed by atoms with Crippen molar-refractivity contribution in [2.24, 2.45) is 5.41 Å². The molecule has 1 amide bonds. The van der Waals surface area contributed by atoms with E-state index in [2.05, 4.69) is 5.32 Å². The van der Waals surface area contributed by atoms with E-state index in [9.17, 15) is 9.18 Å². The third-order valence-corrected chi connectivity index (χ3v) is 2.86. The van der Waals surface area contributed by atoms with Crippen LogP contribution in [0, 0.1) is 11.2 Å². The second-order valence-corrected chi connectivity index (χ2v) is 4.55. The van der Waals surface area contributed by atoms with Crippen molar-refractivity contribution in [3.63, 3.8) is 0 Å². The van der Waals surface area contributed by atoms with Crippen LogP contribution in [0.5, 0.6) is 0 Å². The summed E-state index contributed by atoms with van der Waals surface area (Å²) in [6, 6.07) is 6.14. The van der Waals surface area contributed by atoms with Crippen LogP contribution in [0.25, 0.3) is 0 Å². The summed E-state index contributed by atoms with van der Waals surface area (Å²) < 4.78 is 12.6. The number of carbonyl (C=O) groups excluding carboxylic acids is 1. The fraction of sp³-hybridized carbons (Fsp3) is 0.462. The maximum atomic E-state index is 12.6. The summed E-state index contributed by atoms with van der Waals surface area (Å²) in [6.07, 6.45) is 0.794. The zero-order chi connectivity index (χ0) is 12.2. The zero-order valence-corrected chi connectivity index (χ0v) is 10.0. The van der Waals surface area contributed by atoms with Gasteiger partial charge in [-0.2, -0.15) is 0 Å². The van der Waals surface area contributed by atoms with Gasteiger partial charge >= 0.3 is 0 Å². The van der Waals surface area contributed by atoms with E-state index >= 15 is 0 Å². The van der Waals surface area contributed by atoms with Gasteiger partial charge < -0.3 is 5.32 Å². The fourth-order valence-corrected chi connectivity index (χ4v) is 1.18. The van der Waals surface area contributed by atoms with E-state index in [0.29, 0.717) is 6.54 Å². The fourth-order valence-electron chi connectivity index (χ4n) is 1.18. The summed E-state index contributed by atoms with van der Waals surface area (Å²) in [6.45, 7) is 6.25. The average molecular weight is 223 g/mol. The molecule has 1 N–H and O–H groups in total. The molecule has 0 aliphatic heterocycles. The van der Waals surface area contributed by atoms with Crippen molar-refractivity contribution < 1.29 is 9.18 Å².